The van der Waals surface area contributed by atoms with E-state index in [1.165, 1.54) is 4.31 Å². The number of nitrogens with zero attached hydrogens (tertiary/aromatic N) is 1. The van der Waals surface area contributed by atoms with Gasteiger partial charge in [-0.05, 0) is 31.0 Å². The molecule has 1 aromatic rings. The minimum atomic E-state index is -4.07. The standard InChI is InChI=1S/C14H17F2NO4S/c15-11-3-4-12(16)13(8-11)22(18,19)17-5-1-2-10(9-17)14-20-6-7-21-14/h3-4,8,10,14H,1-2,5-7,9H2/t10-/m1/s1. The zero-order chi connectivity index (χ0) is 15.7. The van der Waals surface area contributed by atoms with E-state index in [2.05, 4.69) is 0 Å². The van der Waals surface area contributed by atoms with Gasteiger partial charge >= 0.3 is 0 Å². The Balaban J connectivity index is 1.83. The Kier molecular flexibility index (Phi) is 4.44. The summed E-state index contributed by atoms with van der Waals surface area (Å²) in [7, 11) is -4.07. The highest BCUT2D eigenvalue weighted by Gasteiger charge is 2.37. The summed E-state index contributed by atoms with van der Waals surface area (Å²) in [4.78, 5) is -0.624. The van der Waals surface area contributed by atoms with Gasteiger partial charge in [0, 0.05) is 19.0 Å². The van der Waals surface area contributed by atoms with Crippen LogP contribution in [0.25, 0.3) is 0 Å². The first-order chi connectivity index (χ1) is 10.5. The van der Waals surface area contributed by atoms with Crippen LogP contribution in [-0.4, -0.2) is 45.3 Å². The number of benzene rings is 1. The molecular weight excluding hydrogens is 316 g/mol. The Morgan fingerprint density at radius 1 is 1.18 bits per heavy atom. The molecule has 2 aliphatic rings. The molecule has 0 bridgehead atoms. The van der Waals surface area contributed by atoms with E-state index < -0.39 is 32.8 Å². The van der Waals surface area contributed by atoms with Crippen molar-refractivity contribution >= 4 is 10.0 Å². The number of sulfonamides is 1. The fourth-order valence-electron chi connectivity index (χ4n) is 2.88. The highest BCUT2D eigenvalue weighted by atomic mass is 32.2. The molecule has 2 saturated heterocycles. The van der Waals surface area contributed by atoms with E-state index in [0.29, 0.717) is 19.6 Å². The van der Waals surface area contributed by atoms with Crippen molar-refractivity contribution < 1.29 is 26.7 Å². The summed E-state index contributed by atoms with van der Waals surface area (Å²) >= 11 is 0. The van der Waals surface area contributed by atoms with Gasteiger partial charge < -0.3 is 9.47 Å². The van der Waals surface area contributed by atoms with Gasteiger partial charge in [0.1, 0.15) is 16.5 Å². The lowest BCUT2D eigenvalue weighted by atomic mass is 9.99. The molecule has 22 heavy (non-hydrogen) atoms. The van der Waals surface area contributed by atoms with E-state index in [9.17, 15) is 17.2 Å². The van der Waals surface area contributed by atoms with E-state index in [-0.39, 0.29) is 19.0 Å². The van der Waals surface area contributed by atoms with Crippen LogP contribution in [0.3, 0.4) is 0 Å². The molecule has 0 aliphatic carbocycles. The third-order valence-corrected chi connectivity index (χ3v) is 5.84. The van der Waals surface area contributed by atoms with E-state index in [0.717, 1.165) is 24.6 Å². The number of ether oxygens (including phenoxy) is 2. The van der Waals surface area contributed by atoms with Crippen LogP contribution in [-0.2, 0) is 19.5 Å². The smallest absolute Gasteiger partial charge is 0.246 e. The molecule has 3 rings (SSSR count). The first-order valence-electron chi connectivity index (χ1n) is 7.17. The highest BCUT2D eigenvalue weighted by molar-refractivity contribution is 7.89. The Morgan fingerprint density at radius 3 is 2.64 bits per heavy atom. The van der Waals surface area contributed by atoms with Crippen molar-refractivity contribution in [3.8, 4) is 0 Å². The van der Waals surface area contributed by atoms with E-state index >= 15 is 0 Å². The van der Waals surface area contributed by atoms with E-state index in [1.54, 1.807) is 0 Å². The SMILES string of the molecule is O=S(=O)(c1cc(F)ccc1F)N1CCC[C@@H](C2OCCO2)C1. The molecule has 1 atom stereocenters. The third-order valence-electron chi connectivity index (χ3n) is 3.96. The maximum atomic E-state index is 13.8. The van der Waals surface area contributed by atoms with Gasteiger partial charge in [-0.3, -0.25) is 0 Å². The van der Waals surface area contributed by atoms with Crippen molar-refractivity contribution in [1.82, 2.24) is 4.31 Å². The minimum Gasteiger partial charge on any atom is -0.350 e. The van der Waals surface area contributed by atoms with Crippen molar-refractivity contribution in [1.29, 1.82) is 0 Å². The Labute approximate surface area is 127 Å². The number of piperidine rings is 1. The maximum absolute atomic E-state index is 13.8. The average molecular weight is 333 g/mol. The second kappa shape index (κ2) is 6.19. The van der Waals surface area contributed by atoms with Crippen LogP contribution in [0.1, 0.15) is 12.8 Å². The van der Waals surface area contributed by atoms with Gasteiger partial charge in [-0.15, -0.1) is 0 Å². The Hall–Kier alpha value is -1.09. The summed E-state index contributed by atoms with van der Waals surface area (Å²) in [6.45, 7) is 1.45. The molecule has 0 spiro atoms. The summed E-state index contributed by atoms with van der Waals surface area (Å²) in [6.07, 6.45) is 0.988. The number of hydrogen-bond donors (Lipinski definition) is 0. The summed E-state index contributed by atoms with van der Waals surface area (Å²) in [5.41, 5.74) is 0. The zero-order valence-electron chi connectivity index (χ0n) is 11.9. The van der Waals surface area contributed by atoms with Crippen molar-refractivity contribution in [2.75, 3.05) is 26.3 Å². The number of hydrogen-bond acceptors (Lipinski definition) is 4. The molecule has 2 heterocycles. The summed E-state index contributed by atoms with van der Waals surface area (Å²) in [6, 6.07) is 2.44. The highest BCUT2D eigenvalue weighted by Crippen LogP contribution is 2.29. The summed E-state index contributed by atoms with van der Waals surface area (Å²) < 4.78 is 64.2. The van der Waals surface area contributed by atoms with Crippen molar-refractivity contribution in [2.24, 2.45) is 5.92 Å². The molecule has 0 amide bonds. The molecule has 0 aromatic heterocycles. The van der Waals surface area contributed by atoms with Crippen molar-refractivity contribution in [2.45, 2.75) is 24.0 Å². The van der Waals surface area contributed by atoms with E-state index in [1.807, 2.05) is 0 Å². The Bertz CT molecular complexity index is 646. The molecule has 8 heteroatoms. The lowest BCUT2D eigenvalue weighted by Gasteiger charge is -2.33. The lowest BCUT2D eigenvalue weighted by Crippen LogP contribution is -2.44. The first-order valence-corrected chi connectivity index (χ1v) is 8.61. The molecular formula is C14H17F2NO4S. The van der Waals surface area contributed by atoms with Gasteiger partial charge in [-0.2, -0.15) is 4.31 Å². The fourth-order valence-corrected chi connectivity index (χ4v) is 4.49. The van der Waals surface area contributed by atoms with Gasteiger partial charge in [0.25, 0.3) is 0 Å². The first kappa shape index (κ1) is 15.8. The predicted octanol–water partition coefficient (Wildman–Crippen LogP) is 1.74. The molecule has 0 radical (unpaired) electrons. The van der Waals surface area contributed by atoms with Crippen LogP contribution in [0.15, 0.2) is 23.1 Å². The molecule has 2 fully saturated rings. The van der Waals surface area contributed by atoms with Gasteiger partial charge in [0.2, 0.25) is 10.0 Å². The normalized spacial score (nSPS) is 24.7. The largest absolute Gasteiger partial charge is 0.350 e. The molecule has 1 aromatic carbocycles. The van der Waals surface area contributed by atoms with Crippen LogP contribution in [0.2, 0.25) is 0 Å². The second-order valence-electron chi connectivity index (χ2n) is 5.45. The van der Waals surface area contributed by atoms with Gasteiger partial charge in [-0.25, -0.2) is 17.2 Å². The predicted molar refractivity (Wildman–Crippen MR) is 73.5 cm³/mol. The van der Waals surface area contributed by atoms with Crippen LogP contribution < -0.4 is 0 Å². The summed E-state index contributed by atoms with van der Waals surface area (Å²) in [5, 5.41) is 0. The zero-order valence-corrected chi connectivity index (χ0v) is 12.7. The van der Waals surface area contributed by atoms with Crippen LogP contribution >= 0.6 is 0 Å². The van der Waals surface area contributed by atoms with Gasteiger partial charge in [-0.1, -0.05) is 0 Å². The quantitative estimate of drug-likeness (QED) is 0.845. The minimum absolute atomic E-state index is 0.0948. The lowest BCUT2D eigenvalue weighted by molar-refractivity contribution is -0.0940. The fraction of sp³-hybridized carbons (Fsp3) is 0.571. The van der Waals surface area contributed by atoms with Crippen LogP contribution in [0.4, 0.5) is 8.78 Å². The number of rotatable bonds is 3. The molecule has 5 nitrogen and oxygen atoms in total. The molecule has 0 unspecified atom stereocenters. The molecule has 122 valence electrons. The van der Waals surface area contributed by atoms with Gasteiger partial charge in [0.15, 0.2) is 6.29 Å². The van der Waals surface area contributed by atoms with Crippen molar-refractivity contribution in [3.63, 3.8) is 0 Å². The van der Waals surface area contributed by atoms with E-state index in [4.69, 9.17) is 9.47 Å². The molecule has 2 aliphatic heterocycles. The van der Waals surface area contributed by atoms with Crippen LogP contribution in [0, 0.1) is 17.6 Å². The monoisotopic (exact) mass is 333 g/mol. The molecule has 0 N–H and O–H groups in total. The topological polar surface area (TPSA) is 55.8 Å². The molecule has 0 saturated carbocycles. The van der Waals surface area contributed by atoms with Gasteiger partial charge in [0.05, 0.1) is 13.2 Å². The number of halogens is 2. The Morgan fingerprint density at radius 2 is 1.91 bits per heavy atom. The third kappa shape index (κ3) is 3.01. The average Bonchev–Trinajstić information content (AvgIpc) is 3.04. The van der Waals surface area contributed by atoms with Crippen LogP contribution in [0.5, 0.6) is 0 Å². The second-order valence-corrected chi connectivity index (χ2v) is 7.36. The summed E-state index contributed by atoms with van der Waals surface area (Å²) in [5.74, 6) is -1.82. The maximum Gasteiger partial charge on any atom is 0.246 e. The van der Waals surface area contributed by atoms with Crippen molar-refractivity contribution in [3.05, 3.63) is 29.8 Å².